The van der Waals surface area contributed by atoms with E-state index in [0.717, 1.165) is 0 Å². The van der Waals surface area contributed by atoms with Gasteiger partial charge in [-0.1, -0.05) is 11.6 Å². The molecule has 2 N–H and O–H groups in total. The van der Waals surface area contributed by atoms with Crippen molar-refractivity contribution in [1.29, 1.82) is 0 Å². The van der Waals surface area contributed by atoms with Gasteiger partial charge in [0.05, 0.1) is 4.92 Å². The molecule has 0 radical (unpaired) electrons. The van der Waals surface area contributed by atoms with Crippen LogP contribution in [0.4, 0.5) is 5.69 Å². The molecule has 1 heterocycles. The van der Waals surface area contributed by atoms with Crippen LogP contribution in [0.5, 0.6) is 0 Å². The van der Waals surface area contributed by atoms with Gasteiger partial charge in [-0.2, -0.15) is 0 Å². The number of hydrogen-bond donors (Lipinski definition) is 2. The van der Waals surface area contributed by atoms with Crippen LogP contribution < -0.4 is 5.32 Å². The summed E-state index contributed by atoms with van der Waals surface area (Å²) >= 11 is 5.59. The summed E-state index contributed by atoms with van der Waals surface area (Å²) in [5.41, 5.74) is -0.622. The van der Waals surface area contributed by atoms with Crippen LogP contribution in [0.1, 0.15) is 23.2 Å². The molecule has 0 saturated carbocycles. The van der Waals surface area contributed by atoms with Crippen molar-refractivity contribution in [1.82, 2.24) is 10.3 Å². The van der Waals surface area contributed by atoms with E-state index < -0.39 is 16.5 Å². The average Bonchev–Trinajstić information content (AvgIpc) is 2.33. The summed E-state index contributed by atoms with van der Waals surface area (Å²) in [6.45, 7) is 0.369. The number of hydrogen-bond acceptors (Lipinski definition) is 5. The second kappa shape index (κ2) is 6.87. The third-order valence-corrected chi connectivity index (χ3v) is 2.45. The zero-order chi connectivity index (χ0) is 13.5. The Balaban J connectivity index is 2.79. The monoisotopic (exact) mass is 273 g/mol. The Labute approximate surface area is 108 Å². The van der Waals surface area contributed by atoms with Crippen LogP contribution in [-0.2, 0) is 0 Å². The van der Waals surface area contributed by atoms with Crippen LogP contribution in [0.15, 0.2) is 12.3 Å². The first-order valence-corrected chi connectivity index (χ1v) is 5.63. The second-order valence-electron chi connectivity index (χ2n) is 3.44. The molecule has 0 unspecified atom stereocenters. The summed E-state index contributed by atoms with van der Waals surface area (Å²) in [6.07, 6.45) is 2.38. The molecule has 18 heavy (non-hydrogen) atoms. The van der Waals surface area contributed by atoms with Gasteiger partial charge < -0.3 is 10.4 Å². The molecule has 0 atom stereocenters. The number of pyridine rings is 1. The van der Waals surface area contributed by atoms with Crippen LogP contribution in [0.25, 0.3) is 0 Å². The maximum absolute atomic E-state index is 11.7. The number of nitro groups is 1. The van der Waals surface area contributed by atoms with E-state index in [1.165, 1.54) is 12.3 Å². The molecule has 1 aromatic heterocycles. The zero-order valence-corrected chi connectivity index (χ0v) is 10.2. The number of carbonyl (C=O) groups excluding carboxylic acids is 1. The predicted molar refractivity (Wildman–Crippen MR) is 64.6 cm³/mol. The van der Waals surface area contributed by atoms with E-state index in [4.69, 9.17) is 16.7 Å². The summed E-state index contributed by atoms with van der Waals surface area (Å²) in [6, 6.07) is 1.24. The van der Waals surface area contributed by atoms with Gasteiger partial charge in [0, 0.05) is 19.3 Å². The maximum atomic E-state index is 11.7. The topological polar surface area (TPSA) is 105 Å². The lowest BCUT2D eigenvalue weighted by Crippen LogP contribution is -2.25. The van der Waals surface area contributed by atoms with Crippen molar-refractivity contribution >= 4 is 23.2 Å². The number of carbonyl (C=O) groups is 1. The van der Waals surface area contributed by atoms with Crippen LogP contribution in [-0.4, -0.2) is 34.1 Å². The quantitative estimate of drug-likeness (QED) is 0.350. The Morgan fingerprint density at radius 3 is 2.89 bits per heavy atom. The molecule has 0 aliphatic rings. The number of aromatic nitrogens is 1. The molecule has 0 spiro atoms. The Hall–Kier alpha value is -1.73. The van der Waals surface area contributed by atoms with Crippen molar-refractivity contribution in [3.8, 4) is 0 Å². The van der Waals surface area contributed by atoms with Gasteiger partial charge in [-0.3, -0.25) is 14.9 Å². The minimum Gasteiger partial charge on any atom is -0.396 e. The van der Waals surface area contributed by atoms with Gasteiger partial charge in [-0.15, -0.1) is 0 Å². The molecule has 1 aromatic rings. The van der Waals surface area contributed by atoms with E-state index in [1.54, 1.807) is 0 Å². The van der Waals surface area contributed by atoms with Gasteiger partial charge in [0.1, 0.15) is 5.56 Å². The highest BCUT2D eigenvalue weighted by atomic mass is 35.5. The lowest BCUT2D eigenvalue weighted by atomic mass is 10.2. The number of nitrogens with zero attached hydrogens (tertiary/aromatic N) is 2. The SMILES string of the molecule is O=C(NCCCCO)c1ccnc(Cl)c1[N+](=O)[O-]. The molecule has 0 aliphatic heterocycles. The highest BCUT2D eigenvalue weighted by Gasteiger charge is 2.24. The van der Waals surface area contributed by atoms with Crippen molar-refractivity contribution in [2.24, 2.45) is 0 Å². The zero-order valence-electron chi connectivity index (χ0n) is 9.43. The molecule has 0 aromatic carbocycles. The van der Waals surface area contributed by atoms with E-state index in [0.29, 0.717) is 19.4 Å². The number of aliphatic hydroxyl groups excluding tert-OH is 1. The van der Waals surface area contributed by atoms with Gasteiger partial charge in [0.15, 0.2) is 0 Å². The first kappa shape index (κ1) is 14.3. The van der Waals surface area contributed by atoms with Gasteiger partial charge in [0.25, 0.3) is 5.91 Å². The van der Waals surface area contributed by atoms with E-state index in [1.807, 2.05) is 0 Å². The maximum Gasteiger partial charge on any atom is 0.319 e. The number of unbranched alkanes of at least 4 members (excludes halogenated alkanes) is 1. The van der Waals surface area contributed by atoms with E-state index in [2.05, 4.69) is 10.3 Å². The smallest absolute Gasteiger partial charge is 0.319 e. The van der Waals surface area contributed by atoms with Crippen molar-refractivity contribution in [3.63, 3.8) is 0 Å². The minimum absolute atomic E-state index is 0.0388. The van der Waals surface area contributed by atoms with Crippen LogP contribution in [0, 0.1) is 10.1 Å². The summed E-state index contributed by atoms with van der Waals surface area (Å²) in [7, 11) is 0. The molecule has 0 saturated heterocycles. The fourth-order valence-corrected chi connectivity index (χ4v) is 1.55. The predicted octanol–water partition coefficient (Wildman–Crippen LogP) is 1.15. The molecule has 1 amide bonds. The number of aliphatic hydroxyl groups is 1. The van der Waals surface area contributed by atoms with E-state index in [-0.39, 0.29) is 17.3 Å². The fraction of sp³-hybridized carbons (Fsp3) is 0.400. The van der Waals surface area contributed by atoms with Gasteiger partial charge >= 0.3 is 5.69 Å². The third-order valence-electron chi connectivity index (χ3n) is 2.18. The Kier molecular flexibility index (Phi) is 5.47. The minimum atomic E-state index is -0.738. The first-order chi connectivity index (χ1) is 8.57. The molecular weight excluding hydrogens is 262 g/mol. The van der Waals surface area contributed by atoms with E-state index in [9.17, 15) is 14.9 Å². The van der Waals surface area contributed by atoms with Crippen LogP contribution in [0.3, 0.4) is 0 Å². The lowest BCUT2D eigenvalue weighted by Gasteiger charge is -2.05. The second-order valence-corrected chi connectivity index (χ2v) is 3.80. The third kappa shape index (κ3) is 3.64. The molecule has 1 rings (SSSR count). The molecule has 0 bridgehead atoms. The fourth-order valence-electron chi connectivity index (χ4n) is 1.32. The average molecular weight is 274 g/mol. The summed E-state index contributed by atoms with van der Waals surface area (Å²) < 4.78 is 0. The van der Waals surface area contributed by atoms with Crippen molar-refractivity contribution in [2.75, 3.05) is 13.2 Å². The van der Waals surface area contributed by atoms with Crippen molar-refractivity contribution in [2.45, 2.75) is 12.8 Å². The summed E-state index contributed by atoms with van der Waals surface area (Å²) in [5, 5.41) is 21.6. The summed E-state index contributed by atoms with van der Waals surface area (Å²) in [4.78, 5) is 25.3. The first-order valence-electron chi connectivity index (χ1n) is 5.26. The summed E-state index contributed by atoms with van der Waals surface area (Å²) in [5.74, 6) is -0.580. The normalized spacial score (nSPS) is 10.1. The molecule has 98 valence electrons. The largest absolute Gasteiger partial charge is 0.396 e. The Morgan fingerprint density at radius 2 is 2.28 bits per heavy atom. The number of nitrogens with one attached hydrogen (secondary N) is 1. The van der Waals surface area contributed by atoms with E-state index >= 15 is 0 Å². The standard InChI is InChI=1S/C10H12ClN3O4/c11-9-8(14(17)18)7(3-5-12-9)10(16)13-4-1-2-6-15/h3,5,15H,1-2,4,6H2,(H,13,16). The molecule has 8 heteroatoms. The van der Waals surface area contributed by atoms with Gasteiger partial charge in [0.2, 0.25) is 5.15 Å². The van der Waals surface area contributed by atoms with Crippen LogP contribution in [0.2, 0.25) is 5.15 Å². The molecule has 0 fully saturated rings. The molecule has 0 aliphatic carbocycles. The van der Waals surface area contributed by atoms with Crippen molar-refractivity contribution < 1.29 is 14.8 Å². The highest BCUT2D eigenvalue weighted by Crippen LogP contribution is 2.25. The van der Waals surface area contributed by atoms with Crippen molar-refractivity contribution in [3.05, 3.63) is 33.1 Å². The van der Waals surface area contributed by atoms with Gasteiger partial charge in [-0.05, 0) is 18.9 Å². The molecular formula is C10H12ClN3O4. The molecule has 7 nitrogen and oxygen atoms in total. The Morgan fingerprint density at radius 1 is 1.56 bits per heavy atom. The Bertz CT molecular complexity index is 453. The number of halogens is 1. The van der Waals surface area contributed by atoms with Crippen LogP contribution >= 0.6 is 11.6 Å². The number of rotatable bonds is 6. The highest BCUT2D eigenvalue weighted by molar-refractivity contribution is 6.32. The number of amides is 1. The lowest BCUT2D eigenvalue weighted by molar-refractivity contribution is -0.385. The van der Waals surface area contributed by atoms with Gasteiger partial charge in [-0.25, -0.2) is 4.98 Å².